The topological polar surface area (TPSA) is 84.0 Å². The number of anilines is 1. The summed E-state index contributed by atoms with van der Waals surface area (Å²) in [5.41, 5.74) is -0.551. The van der Waals surface area contributed by atoms with Crippen molar-refractivity contribution in [2.75, 3.05) is 4.90 Å². The average molecular weight is 467 g/mol. The SMILES string of the molecule is CC(=O)Oc1ccc(N2C(=O)CC(N(C(=O)C34CC5CC(CC(C5)C3)C4)C(C)(C)C)C2=O)cc1. The summed E-state index contributed by atoms with van der Waals surface area (Å²) in [6.07, 6.45) is 6.45. The Kier molecular flexibility index (Phi) is 5.37. The van der Waals surface area contributed by atoms with Crippen molar-refractivity contribution in [3.63, 3.8) is 0 Å². The zero-order chi connectivity index (χ0) is 24.4. The standard InChI is InChI=1S/C27H34N2O5/c1-16(30)34-21-7-5-20(6-8-21)28-23(31)12-22(24(28)32)29(26(2,3)4)25(33)27-13-17-9-18(14-27)11-19(10-17)15-27/h5-8,17-19,22H,9-15H2,1-4H3. The van der Waals surface area contributed by atoms with Gasteiger partial charge in [0.05, 0.1) is 17.5 Å². The van der Waals surface area contributed by atoms with E-state index in [0.717, 1.165) is 19.3 Å². The number of esters is 1. The number of imide groups is 1. The third-order valence-corrected chi connectivity index (χ3v) is 8.22. The van der Waals surface area contributed by atoms with Crippen LogP contribution in [0.25, 0.3) is 0 Å². The highest BCUT2D eigenvalue weighted by Crippen LogP contribution is 2.61. The second kappa shape index (κ2) is 7.92. The number of amides is 3. The number of hydrogen-bond donors (Lipinski definition) is 0. The number of carbonyl (C=O) groups is 4. The molecule has 4 bridgehead atoms. The molecule has 0 aromatic heterocycles. The summed E-state index contributed by atoms with van der Waals surface area (Å²) >= 11 is 0. The molecule has 5 fully saturated rings. The first kappa shape index (κ1) is 23.1. The molecular weight excluding hydrogens is 432 g/mol. The van der Waals surface area contributed by atoms with Crippen molar-refractivity contribution < 1.29 is 23.9 Å². The minimum Gasteiger partial charge on any atom is -0.427 e. The Bertz CT molecular complexity index is 1000. The summed E-state index contributed by atoms with van der Waals surface area (Å²) in [5, 5.41) is 0. The highest BCUT2D eigenvalue weighted by molar-refractivity contribution is 6.23. The van der Waals surface area contributed by atoms with Gasteiger partial charge in [0, 0.05) is 12.5 Å². The summed E-state index contributed by atoms with van der Waals surface area (Å²) in [6, 6.07) is 5.51. The van der Waals surface area contributed by atoms with Crippen LogP contribution in [0, 0.1) is 23.2 Å². The lowest BCUT2D eigenvalue weighted by Gasteiger charge is -2.58. The predicted octanol–water partition coefficient (Wildman–Crippen LogP) is 4.09. The van der Waals surface area contributed by atoms with Gasteiger partial charge >= 0.3 is 5.97 Å². The van der Waals surface area contributed by atoms with Crippen LogP contribution in [0.2, 0.25) is 0 Å². The molecule has 3 amide bonds. The zero-order valence-corrected chi connectivity index (χ0v) is 20.5. The summed E-state index contributed by atoms with van der Waals surface area (Å²) in [5.74, 6) is 1.14. The molecule has 1 unspecified atom stereocenters. The van der Waals surface area contributed by atoms with E-state index in [9.17, 15) is 19.2 Å². The van der Waals surface area contributed by atoms with Gasteiger partial charge in [-0.2, -0.15) is 0 Å². The average Bonchev–Trinajstić information content (AvgIpc) is 3.00. The maximum Gasteiger partial charge on any atom is 0.308 e. The second-order valence-electron chi connectivity index (χ2n) is 11.9. The van der Waals surface area contributed by atoms with E-state index in [1.165, 1.54) is 31.1 Å². The Labute approximate surface area is 200 Å². The minimum atomic E-state index is -0.804. The fourth-order valence-corrected chi connectivity index (χ4v) is 7.46. The van der Waals surface area contributed by atoms with Crippen LogP contribution in [0.5, 0.6) is 5.75 Å². The monoisotopic (exact) mass is 466 g/mol. The van der Waals surface area contributed by atoms with E-state index in [1.807, 2.05) is 20.8 Å². The van der Waals surface area contributed by atoms with Crippen molar-refractivity contribution in [3.05, 3.63) is 24.3 Å². The fourth-order valence-electron chi connectivity index (χ4n) is 7.46. The third kappa shape index (κ3) is 3.83. The van der Waals surface area contributed by atoms with E-state index >= 15 is 0 Å². The summed E-state index contributed by atoms with van der Waals surface area (Å²) in [4.78, 5) is 55.0. The Morgan fingerprint density at radius 2 is 1.50 bits per heavy atom. The largest absolute Gasteiger partial charge is 0.427 e. The maximum atomic E-state index is 14.3. The Hall–Kier alpha value is -2.70. The lowest BCUT2D eigenvalue weighted by atomic mass is 9.49. The number of hydrogen-bond acceptors (Lipinski definition) is 5. The van der Waals surface area contributed by atoms with E-state index in [2.05, 4.69) is 0 Å². The van der Waals surface area contributed by atoms with E-state index in [1.54, 1.807) is 29.2 Å². The molecule has 0 spiro atoms. The van der Waals surface area contributed by atoms with Crippen LogP contribution in [0.3, 0.4) is 0 Å². The van der Waals surface area contributed by atoms with Gasteiger partial charge in [-0.1, -0.05) is 0 Å². The van der Waals surface area contributed by atoms with Crippen LogP contribution in [-0.4, -0.2) is 40.2 Å². The van der Waals surface area contributed by atoms with Gasteiger partial charge in [-0.15, -0.1) is 0 Å². The molecular formula is C27H34N2O5. The Morgan fingerprint density at radius 3 is 1.97 bits per heavy atom. The third-order valence-electron chi connectivity index (χ3n) is 8.22. The first-order valence-electron chi connectivity index (χ1n) is 12.5. The van der Waals surface area contributed by atoms with Gasteiger partial charge in [0.15, 0.2) is 0 Å². The molecule has 1 aliphatic heterocycles. The van der Waals surface area contributed by atoms with E-state index < -0.39 is 17.6 Å². The number of carbonyl (C=O) groups excluding carboxylic acids is 4. The lowest BCUT2D eigenvalue weighted by molar-refractivity contribution is -0.167. The second-order valence-corrected chi connectivity index (χ2v) is 11.9. The van der Waals surface area contributed by atoms with Gasteiger partial charge < -0.3 is 9.64 Å². The van der Waals surface area contributed by atoms with Crippen molar-refractivity contribution in [1.29, 1.82) is 0 Å². The molecule has 0 N–H and O–H groups in total. The fraction of sp³-hybridized carbons (Fsp3) is 0.630. The molecule has 1 atom stereocenters. The molecule has 1 aromatic carbocycles. The molecule has 7 nitrogen and oxygen atoms in total. The van der Waals surface area contributed by atoms with Gasteiger partial charge in [-0.3, -0.25) is 19.2 Å². The van der Waals surface area contributed by atoms with Crippen LogP contribution in [-0.2, 0) is 19.2 Å². The Balaban J connectivity index is 1.42. The zero-order valence-electron chi connectivity index (χ0n) is 20.5. The first-order chi connectivity index (χ1) is 16.0. The smallest absolute Gasteiger partial charge is 0.308 e. The van der Waals surface area contributed by atoms with E-state index in [4.69, 9.17) is 4.74 Å². The van der Waals surface area contributed by atoms with Crippen molar-refractivity contribution in [3.8, 4) is 5.75 Å². The number of ether oxygens (including phenoxy) is 1. The van der Waals surface area contributed by atoms with Crippen molar-refractivity contribution >= 4 is 29.4 Å². The Morgan fingerprint density at radius 1 is 0.971 bits per heavy atom. The molecule has 1 aromatic rings. The molecule has 0 radical (unpaired) electrons. The van der Waals surface area contributed by atoms with Gasteiger partial charge in [0.25, 0.3) is 5.91 Å². The molecule has 1 heterocycles. The van der Waals surface area contributed by atoms with Crippen LogP contribution in [0.1, 0.15) is 72.6 Å². The van der Waals surface area contributed by atoms with Crippen molar-refractivity contribution in [1.82, 2.24) is 4.90 Å². The summed E-state index contributed by atoms with van der Waals surface area (Å²) in [7, 11) is 0. The summed E-state index contributed by atoms with van der Waals surface area (Å²) < 4.78 is 5.06. The van der Waals surface area contributed by atoms with Gasteiger partial charge in [0.2, 0.25) is 11.8 Å². The van der Waals surface area contributed by atoms with Crippen LogP contribution >= 0.6 is 0 Å². The quantitative estimate of drug-likeness (QED) is 0.379. The first-order valence-corrected chi connectivity index (χ1v) is 12.5. The molecule has 6 rings (SSSR count). The van der Waals surface area contributed by atoms with E-state index in [0.29, 0.717) is 29.2 Å². The van der Waals surface area contributed by atoms with Gasteiger partial charge in [-0.25, -0.2) is 4.90 Å². The molecule has 5 aliphatic rings. The van der Waals surface area contributed by atoms with Crippen LogP contribution in [0.15, 0.2) is 24.3 Å². The molecule has 4 saturated carbocycles. The molecule has 34 heavy (non-hydrogen) atoms. The molecule has 1 saturated heterocycles. The normalized spacial score (nSPS) is 32.3. The minimum absolute atomic E-state index is 0.0140. The molecule has 7 heteroatoms. The van der Waals surface area contributed by atoms with Crippen molar-refractivity contribution in [2.45, 2.75) is 84.2 Å². The highest BCUT2D eigenvalue weighted by atomic mass is 16.5. The van der Waals surface area contributed by atoms with Crippen LogP contribution in [0.4, 0.5) is 5.69 Å². The van der Waals surface area contributed by atoms with Crippen molar-refractivity contribution in [2.24, 2.45) is 23.2 Å². The van der Waals surface area contributed by atoms with Crippen LogP contribution < -0.4 is 9.64 Å². The number of benzene rings is 1. The molecule has 182 valence electrons. The lowest BCUT2D eigenvalue weighted by Crippen LogP contribution is -2.62. The number of nitrogens with zero attached hydrogens (tertiary/aromatic N) is 2. The maximum absolute atomic E-state index is 14.3. The predicted molar refractivity (Wildman–Crippen MR) is 126 cm³/mol. The molecule has 4 aliphatic carbocycles. The van der Waals surface area contributed by atoms with Gasteiger partial charge in [0.1, 0.15) is 11.8 Å². The summed E-state index contributed by atoms with van der Waals surface area (Å²) in [6.45, 7) is 7.19. The number of rotatable bonds is 4. The van der Waals surface area contributed by atoms with E-state index in [-0.39, 0.29) is 29.6 Å². The van der Waals surface area contributed by atoms with Gasteiger partial charge in [-0.05, 0) is 101 Å². The highest BCUT2D eigenvalue weighted by Gasteiger charge is 2.58.